The Labute approximate surface area is 118 Å². The predicted molar refractivity (Wildman–Crippen MR) is 77.1 cm³/mol. The predicted octanol–water partition coefficient (Wildman–Crippen LogP) is 1.62. The minimum atomic E-state index is -0.364. The maximum absolute atomic E-state index is 11.3. The summed E-state index contributed by atoms with van der Waals surface area (Å²) in [5.41, 5.74) is 6.53. The zero-order valence-corrected chi connectivity index (χ0v) is 11.6. The van der Waals surface area contributed by atoms with Crippen molar-refractivity contribution in [2.75, 3.05) is 5.73 Å². The van der Waals surface area contributed by atoms with E-state index in [0.29, 0.717) is 16.6 Å². The van der Waals surface area contributed by atoms with E-state index in [1.165, 1.54) is 27.5 Å². The van der Waals surface area contributed by atoms with Crippen LogP contribution in [0, 0.1) is 6.92 Å². The van der Waals surface area contributed by atoms with Crippen molar-refractivity contribution in [3.63, 3.8) is 0 Å². The van der Waals surface area contributed by atoms with Gasteiger partial charge in [-0.05, 0) is 19.1 Å². The number of hydrogen-bond acceptors (Lipinski definition) is 6. The Balaban J connectivity index is 1.83. The van der Waals surface area contributed by atoms with Gasteiger partial charge in [-0.15, -0.1) is 0 Å². The van der Waals surface area contributed by atoms with Gasteiger partial charge >= 0.3 is 0 Å². The Morgan fingerprint density at radius 2 is 2.10 bits per heavy atom. The lowest BCUT2D eigenvalue weighted by molar-refractivity contribution is 0.304. The molecule has 0 unspecified atom stereocenters. The van der Waals surface area contributed by atoms with Crippen LogP contribution in [0.4, 0.5) is 5.82 Å². The summed E-state index contributed by atoms with van der Waals surface area (Å²) in [6.07, 6.45) is 0. The number of nitrogens with two attached hydrogens (primary N) is 1. The second-order valence-corrected chi connectivity index (χ2v) is 5.35. The Morgan fingerprint density at radius 3 is 2.85 bits per heavy atom. The van der Waals surface area contributed by atoms with Gasteiger partial charge in [-0.25, -0.2) is 0 Å². The Hall–Kier alpha value is -2.41. The maximum Gasteiger partial charge on any atom is 0.276 e. The number of rotatable bonds is 3. The van der Waals surface area contributed by atoms with Crippen LogP contribution < -0.4 is 16.0 Å². The molecule has 3 aromatic rings. The van der Waals surface area contributed by atoms with E-state index in [4.69, 9.17) is 10.5 Å². The summed E-state index contributed by atoms with van der Waals surface area (Å²) < 4.78 is 7.08. The van der Waals surface area contributed by atoms with E-state index < -0.39 is 0 Å². The van der Waals surface area contributed by atoms with Crippen molar-refractivity contribution in [3.8, 4) is 5.75 Å². The van der Waals surface area contributed by atoms with Crippen LogP contribution in [-0.4, -0.2) is 14.6 Å². The molecule has 0 amide bonds. The van der Waals surface area contributed by atoms with E-state index in [1.807, 2.05) is 31.2 Å². The summed E-state index contributed by atoms with van der Waals surface area (Å²) in [7, 11) is 0. The SMILES string of the molecule is Cc1ccc(OCc2nn3c(N)cc(=O)nc3s2)cc1. The summed E-state index contributed by atoms with van der Waals surface area (Å²) in [6, 6.07) is 9.00. The smallest absolute Gasteiger partial charge is 0.276 e. The van der Waals surface area contributed by atoms with Gasteiger partial charge in [0.25, 0.3) is 5.56 Å². The first-order valence-corrected chi connectivity index (χ1v) is 6.78. The molecule has 0 aliphatic rings. The number of anilines is 1. The van der Waals surface area contributed by atoms with Crippen molar-refractivity contribution in [2.24, 2.45) is 0 Å². The van der Waals surface area contributed by atoms with E-state index >= 15 is 0 Å². The zero-order valence-electron chi connectivity index (χ0n) is 10.7. The number of nitrogen functional groups attached to an aromatic ring is 1. The summed E-state index contributed by atoms with van der Waals surface area (Å²) >= 11 is 1.28. The topological polar surface area (TPSA) is 82.5 Å². The number of aromatic nitrogens is 3. The second kappa shape index (κ2) is 4.93. The third-order valence-electron chi connectivity index (χ3n) is 2.71. The second-order valence-electron chi connectivity index (χ2n) is 4.31. The molecule has 0 fully saturated rings. The highest BCUT2D eigenvalue weighted by Crippen LogP contribution is 2.17. The van der Waals surface area contributed by atoms with E-state index in [-0.39, 0.29) is 11.4 Å². The number of fused-ring (bicyclic) bond motifs is 1. The van der Waals surface area contributed by atoms with Gasteiger partial charge in [0, 0.05) is 6.07 Å². The fourth-order valence-corrected chi connectivity index (χ4v) is 2.53. The van der Waals surface area contributed by atoms with E-state index in [9.17, 15) is 4.79 Å². The molecule has 0 spiro atoms. The molecule has 3 rings (SSSR count). The lowest BCUT2D eigenvalue weighted by Crippen LogP contribution is -2.10. The lowest BCUT2D eigenvalue weighted by Gasteiger charge is -2.03. The van der Waals surface area contributed by atoms with Gasteiger partial charge in [0.05, 0.1) is 0 Å². The Morgan fingerprint density at radius 1 is 1.35 bits per heavy atom. The summed E-state index contributed by atoms with van der Waals surface area (Å²) in [5, 5.41) is 4.97. The molecule has 2 aromatic heterocycles. The molecule has 102 valence electrons. The third kappa shape index (κ3) is 2.48. The average Bonchev–Trinajstić information content (AvgIpc) is 2.81. The highest BCUT2D eigenvalue weighted by molar-refractivity contribution is 7.16. The number of benzene rings is 1. The standard InChI is InChI=1S/C13H12N4O2S/c1-8-2-4-9(5-3-8)19-7-12-16-17-10(14)6-11(18)15-13(17)20-12/h2-6H,7,14H2,1H3. The van der Waals surface area contributed by atoms with Crippen LogP contribution in [0.3, 0.4) is 0 Å². The van der Waals surface area contributed by atoms with E-state index in [2.05, 4.69) is 10.1 Å². The first-order valence-electron chi connectivity index (χ1n) is 5.96. The fraction of sp³-hybridized carbons (Fsp3) is 0.154. The molecule has 2 N–H and O–H groups in total. The quantitative estimate of drug-likeness (QED) is 0.792. The highest BCUT2D eigenvalue weighted by atomic mass is 32.1. The van der Waals surface area contributed by atoms with Gasteiger partial charge in [-0.3, -0.25) is 4.79 Å². The van der Waals surface area contributed by atoms with Crippen molar-refractivity contribution in [1.82, 2.24) is 14.6 Å². The first-order chi connectivity index (χ1) is 9.61. The molecule has 6 nitrogen and oxygen atoms in total. The van der Waals surface area contributed by atoms with Gasteiger partial charge in [-0.2, -0.15) is 14.6 Å². The molecular formula is C13H12N4O2S. The number of aryl methyl sites for hydroxylation is 1. The van der Waals surface area contributed by atoms with E-state index in [0.717, 1.165) is 5.75 Å². The molecule has 0 bridgehead atoms. The van der Waals surface area contributed by atoms with Crippen molar-refractivity contribution in [1.29, 1.82) is 0 Å². The number of nitrogens with zero attached hydrogens (tertiary/aromatic N) is 3. The van der Waals surface area contributed by atoms with Crippen molar-refractivity contribution in [2.45, 2.75) is 13.5 Å². The minimum absolute atomic E-state index is 0.276. The minimum Gasteiger partial charge on any atom is -0.486 e. The van der Waals surface area contributed by atoms with Gasteiger partial charge in [0.15, 0.2) is 5.01 Å². The molecule has 0 aliphatic carbocycles. The van der Waals surface area contributed by atoms with Crippen molar-refractivity contribution < 1.29 is 4.74 Å². The molecule has 0 saturated heterocycles. The van der Waals surface area contributed by atoms with Crippen LogP contribution in [-0.2, 0) is 6.61 Å². The highest BCUT2D eigenvalue weighted by Gasteiger charge is 2.08. The van der Waals surface area contributed by atoms with Crippen LogP contribution in [0.2, 0.25) is 0 Å². The van der Waals surface area contributed by atoms with Crippen molar-refractivity contribution in [3.05, 3.63) is 51.3 Å². The molecule has 20 heavy (non-hydrogen) atoms. The number of hydrogen-bond donors (Lipinski definition) is 1. The molecule has 2 heterocycles. The molecule has 7 heteroatoms. The molecule has 0 radical (unpaired) electrons. The normalized spacial score (nSPS) is 10.8. The van der Waals surface area contributed by atoms with Crippen LogP contribution in [0.1, 0.15) is 10.6 Å². The van der Waals surface area contributed by atoms with Gasteiger partial charge < -0.3 is 10.5 Å². The van der Waals surface area contributed by atoms with Gasteiger partial charge in [-0.1, -0.05) is 29.0 Å². The van der Waals surface area contributed by atoms with E-state index in [1.54, 1.807) is 0 Å². The van der Waals surface area contributed by atoms with Gasteiger partial charge in [0.2, 0.25) is 4.96 Å². The zero-order chi connectivity index (χ0) is 14.1. The molecule has 0 atom stereocenters. The summed E-state index contributed by atoms with van der Waals surface area (Å²) in [5.74, 6) is 1.04. The van der Waals surface area contributed by atoms with Crippen LogP contribution in [0.25, 0.3) is 4.96 Å². The Bertz CT molecular complexity index is 807. The first kappa shape index (κ1) is 12.6. The monoisotopic (exact) mass is 288 g/mol. The van der Waals surface area contributed by atoms with Crippen LogP contribution >= 0.6 is 11.3 Å². The maximum atomic E-state index is 11.3. The third-order valence-corrected chi connectivity index (χ3v) is 3.59. The Kier molecular flexibility index (Phi) is 3.11. The molecule has 0 aliphatic heterocycles. The average molecular weight is 288 g/mol. The van der Waals surface area contributed by atoms with Crippen LogP contribution in [0.15, 0.2) is 35.1 Å². The fourth-order valence-electron chi connectivity index (χ4n) is 1.71. The number of ether oxygens (including phenoxy) is 1. The molecule has 1 aromatic carbocycles. The molecular weight excluding hydrogens is 276 g/mol. The summed E-state index contributed by atoms with van der Waals surface area (Å²) in [6.45, 7) is 2.33. The lowest BCUT2D eigenvalue weighted by atomic mass is 10.2. The van der Waals surface area contributed by atoms with Crippen molar-refractivity contribution >= 4 is 22.1 Å². The molecule has 0 saturated carbocycles. The summed E-state index contributed by atoms with van der Waals surface area (Å²) in [4.78, 5) is 15.6. The van der Waals surface area contributed by atoms with Gasteiger partial charge in [0.1, 0.15) is 18.2 Å². The largest absolute Gasteiger partial charge is 0.486 e. The van der Waals surface area contributed by atoms with Crippen LogP contribution in [0.5, 0.6) is 5.75 Å².